The molecule has 17 heavy (non-hydrogen) atoms. The first-order valence-corrected chi connectivity index (χ1v) is 7.34. The Morgan fingerprint density at radius 1 is 1.35 bits per heavy atom. The summed E-state index contributed by atoms with van der Waals surface area (Å²) in [4.78, 5) is 7.10. The summed E-state index contributed by atoms with van der Waals surface area (Å²) in [5, 5.41) is 6.63. The molecule has 0 amide bonds. The van der Waals surface area contributed by atoms with Gasteiger partial charge in [0.1, 0.15) is 0 Å². The molecular formula is C13H25N3S. The van der Waals surface area contributed by atoms with Crippen LogP contribution in [0.1, 0.15) is 40.3 Å². The molecule has 0 atom stereocenters. The van der Waals surface area contributed by atoms with Crippen molar-refractivity contribution < 1.29 is 0 Å². The van der Waals surface area contributed by atoms with Gasteiger partial charge in [-0.25, -0.2) is 4.98 Å². The first kappa shape index (κ1) is 14.5. The number of nitrogens with one attached hydrogen (secondary N) is 1. The molecule has 3 nitrogen and oxygen atoms in total. The van der Waals surface area contributed by atoms with Crippen LogP contribution in [-0.2, 0) is 6.54 Å². The summed E-state index contributed by atoms with van der Waals surface area (Å²) < 4.78 is 0. The van der Waals surface area contributed by atoms with Crippen molar-refractivity contribution in [2.24, 2.45) is 5.92 Å². The van der Waals surface area contributed by atoms with Gasteiger partial charge >= 0.3 is 0 Å². The molecule has 0 aromatic carbocycles. The lowest BCUT2D eigenvalue weighted by Crippen LogP contribution is -2.34. The lowest BCUT2D eigenvalue weighted by atomic mass is 10.2. The Kier molecular flexibility index (Phi) is 5.92. The van der Waals surface area contributed by atoms with E-state index in [0.29, 0.717) is 12.0 Å². The second kappa shape index (κ2) is 6.97. The zero-order valence-electron chi connectivity index (χ0n) is 11.7. The van der Waals surface area contributed by atoms with Crippen LogP contribution in [0.4, 0.5) is 5.13 Å². The fraction of sp³-hybridized carbons (Fsp3) is 0.769. The molecule has 0 saturated carbocycles. The Hall–Kier alpha value is -0.610. The molecule has 0 fully saturated rings. The van der Waals surface area contributed by atoms with Crippen LogP contribution >= 0.6 is 11.3 Å². The van der Waals surface area contributed by atoms with Crippen molar-refractivity contribution in [2.75, 3.05) is 18.0 Å². The van der Waals surface area contributed by atoms with E-state index in [4.69, 9.17) is 4.98 Å². The molecule has 1 heterocycles. The lowest BCUT2D eigenvalue weighted by molar-refractivity contribution is 0.569. The van der Waals surface area contributed by atoms with Crippen LogP contribution in [-0.4, -0.2) is 24.1 Å². The summed E-state index contributed by atoms with van der Waals surface area (Å²) in [7, 11) is 0. The van der Waals surface area contributed by atoms with Gasteiger partial charge in [-0.1, -0.05) is 20.8 Å². The van der Waals surface area contributed by atoms with Crippen molar-refractivity contribution in [3.63, 3.8) is 0 Å². The van der Waals surface area contributed by atoms with Crippen molar-refractivity contribution in [2.45, 2.75) is 47.2 Å². The van der Waals surface area contributed by atoms with Gasteiger partial charge in [0, 0.05) is 24.5 Å². The van der Waals surface area contributed by atoms with Crippen molar-refractivity contribution >= 4 is 16.5 Å². The first-order chi connectivity index (χ1) is 8.04. The number of nitrogens with zero attached hydrogens (tertiary/aromatic N) is 2. The van der Waals surface area contributed by atoms with E-state index in [1.807, 2.05) is 0 Å². The number of aromatic nitrogens is 1. The molecule has 0 aliphatic carbocycles. The first-order valence-electron chi connectivity index (χ1n) is 6.46. The minimum atomic E-state index is 0.510. The van der Waals surface area contributed by atoms with Crippen molar-refractivity contribution in [1.82, 2.24) is 10.3 Å². The standard InChI is InChI=1S/C13H25N3S/c1-6-14-7-12-9-17-13(15-12)16(11(4)5)8-10(2)3/h9-11,14H,6-8H2,1-5H3. The van der Waals surface area contributed by atoms with Crippen LogP contribution in [0.25, 0.3) is 0 Å². The minimum Gasteiger partial charge on any atom is -0.345 e. The van der Waals surface area contributed by atoms with Crippen molar-refractivity contribution in [3.8, 4) is 0 Å². The van der Waals surface area contributed by atoms with Crippen LogP contribution in [0.15, 0.2) is 5.38 Å². The Labute approximate surface area is 109 Å². The quantitative estimate of drug-likeness (QED) is 0.811. The third kappa shape index (κ3) is 4.64. The summed E-state index contributed by atoms with van der Waals surface area (Å²) in [6.07, 6.45) is 0. The Bertz CT molecular complexity index is 320. The Balaban J connectivity index is 2.70. The van der Waals surface area contributed by atoms with E-state index in [1.165, 1.54) is 0 Å². The SMILES string of the molecule is CCNCc1csc(N(CC(C)C)C(C)C)n1. The summed E-state index contributed by atoms with van der Waals surface area (Å²) in [5.74, 6) is 0.665. The normalized spacial score (nSPS) is 11.5. The molecule has 0 bridgehead atoms. The molecule has 1 aromatic rings. The summed E-state index contributed by atoms with van der Waals surface area (Å²) in [5.41, 5.74) is 1.15. The summed E-state index contributed by atoms with van der Waals surface area (Å²) in [6.45, 7) is 14.0. The van der Waals surface area contributed by atoms with Gasteiger partial charge in [0.2, 0.25) is 0 Å². The predicted octanol–water partition coefficient (Wildman–Crippen LogP) is 3.12. The van der Waals surface area contributed by atoms with Crippen molar-refractivity contribution in [3.05, 3.63) is 11.1 Å². The topological polar surface area (TPSA) is 28.2 Å². The third-order valence-corrected chi connectivity index (χ3v) is 3.45. The van der Waals surface area contributed by atoms with Gasteiger partial charge in [-0.2, -0.15) is 0 Å². The van der Waals surface area contributed by atoms with E-state index < -0.39 is 0 Å². The number of thiazole rings is 1. The highest BCUT2D eigenvalue weighted by atomic mass is 32.1. The van der Waals surface area contributed by atoms with Gasteiger partial charge in [0.05, 0.1) is 5.69 Å². The maximum absolute atomic E-state index is 4.70. The molecule has 0 saturated heterocycles. The molecule has 1 rings (SSSR count). The number of anilines is 1. The van der Waals surface area contributed by atoms with Crippen LogP contribution in [0.3, 0.4) is 0 Å². The summed E-state index contributed by atoms with van der Waals surface area (Å²) in [6, 6.07) is 0.510. The van der Waals surface area contributed by atoms with E-state index >= 15 is 0 Å². The van der Waals surface area contributed by atoms with Gasteiger partial charge in [0.25, 0.3) is 0 Å². The van der Waals surface area contributed by atoms with Gasteiger partial charge in [-0.05, 0) is 26.3 Å². The highest BCUT2D eigenvalue weighted by Crippen LogP contribution is 2.23. The molecule has 0 unspecified atom stereocenters. The molecule has 98 valence electrons. The average Bonchev–Trinajstić information content (AvgIpc) is 2.70. The number of hydrogen-bond acceptors (Lipinski definition) is 4. The Morgan fingerprint density at radius 3 is 2.59 bits per heavy atom. The highest BCUT2D eigenvalue weighted by molar-refractivity contribution is 7.13. The van der Waals surface area contributed by atoms with Crippen LogP contribution < -0.4 is 10.2 Å². The second-order valence-electron chi connectivity index (χ2n) is 5.04. The fourth-order valence-electron chi connectivity index (χ4n) is 1.67. The smallest absolute Gasteiger partial charge is 0.185 e. The number of hydrogen-bond donors (Lipinski definition) is 1. The van der Waals surface area contributed by atoms with Crippen LogP contribution in [0.2, 0.25) is 0 Å². The Morgan fingerprint density at radius 2 is 2.06 bits per heavy atom. The maximum Gasteiger partial charge on any atom is 0.185 e. The minimum absolute atomic E-state index is 0.510. The third-order valence-electron chi connectivity index (χ3n) is 2.53. The molecule has 1 N–H and O–H groups in total. The molecular weight excluding hydrogens is 230 g/mol. The zero-order valence-corrected chi connectivity index (χ0v) is 12.5. The highest BCUT2D eigenvalue weighted by Gasteiger charge is 2.15. The van der Waals surface area contributed by atoms with Crippen molar-refractivity contribution in [1.29, 1.82) is 0 Å². The lowest BCUT2D eigenvalue weighted by Gasteiger charge is -2.27. The van der Waals surface area contributed by atoms with E-state index in [2.05, 4.69) is 50.2 Å². The molecule has 0 aliphatic rings. The number of rotatable bonds is 7. The van der Waals surface area contributed by atoms with Gasteiger partial charge < -0.3 is 10.2 Å². The van der Waals surface area contributed by atoms with E-state index in [1.54, 1.807) is 11.3 Å². The molecule has 4 heteroatoms. The molecule has 0 spiro atoms. The average molecular weight is 255 g/mol. The van der Waals surface area contributed by atoms with Gasteiger partial charge in [-0.15, -0.1) is 11.3 Å². The van der Waals surface area contributed by atoms with E-state index in [0.717, 1.165) is 30.5 Å². The van der Waals surface area contributed by atoms with Gasteiger partial charge in [-0.3, -0.25) is 0 Å². The van der Waals surface area contributed by atoms with Crippen LogP contribution in [0.5, 0.6) is 0 Å². The predicted molar refractivity (Wildman–Crippen MR) is 76.8 cm³/mol. The fourth-order valence-corrected chi connectivity index (χ4v) is 2.63. The molecule has 0 aliphatic heterocycles. The zero-order chi connectivity index (χ0) is 12.8. The molecule has 0 radical (unpaired) electrons. The molecule has 1 aromatic heterocycles. The largest absolute Gasteiger partial charge is 0.345 e. The van der Waals surface area contributed by atoms with E-state index in [-0.39, 0.29) is 0 Å². The second-order valence-corrected chi connectivity index (χ2v) is 5.88. The monoisotopic (exact) mass is 255 g/mol. The maximum atomic E-state index is 4.70. The van der Waals surface area contributed by atoms with E-state index in [9.17, 15) is 0 Å². The summed E-state index contributed by atoms with van der Waals surface area (Å²) >= 11 is 1.75. The van der Waals surface area contributed by atoms with Gasteiger partial charge in [0.15, 0.2) is 5.13 Å². The van der Waals surface area contributed by atoms with Crippen LogP contribution in [0, 0.1) is 5.92 Å².